The lowest BCUT2D eigenvalue weighted by atomic mass is 9.81. The molecule has 7 heteroatoms. The summed E-state index contributed by atoms with van der Waals surface area (Å²) in [4.78, 5) is 40.7. The quantitative estimate of drug-likeness (QED) is 0.806. The Hall–Kier alpha value is -2.44. The first-order valence-corrected chi connectivity index (χ1v) is 10.2. The molecule has 1 N–H and O–H groups in total. The van der Waals surface area contributed by atoms with Crippen LogP contribution < -0.4 is 5.32 Å². The van der Waals surface area contributed by atoms with Crippen molar-refractivity contribution in [2.45, 2.75) is 44.6 Å². The number of nitrogens with zero attached hydrogens (tertiary/aromatic N) is 2. The molecule has 1 saturated carbocycles. The summed E-state index contributed by atoms with van der Waals surface area (Å²) in [5, 5.41) is 3.37. The van der Waals surface area contributed by atoms with Crippen LogP contribution in [0.1, 0.15) is 38.5 Å². The Balaban J connectivity index is 1.29. The van der Waals surface area contributed by atoms with E-state index in [9.17, 15) is 18.8 Å². The van der Waals surface area contributed by atoms with Gasteiger partial charge in [0, 0.05) is 24.8 Å². The van der Waals surface area contributed by atoms with E-state index >= 15 is 0 Å². The molecule has 1 aromatic rings. The molecule has 3 amide bonds. The van der Waals surface area contributed by atoms with Crippen LogP contribution in [0.3, 0.4) is 0 Å². The summed E-state index contributed by atoms with van der Waals surface area (Å²) in [7, 11) is 0. The van der Waals surface area contributed by atoms with Crippen molar-refractivity contribution in [3.63, 3.8) is 0 Å². The van der Waals surface area contributed by atoms with E-state index in [1.165, 1.54) is 17.0 Å². The van der Waals surface area contributed by atoms with Crippen molar-refractivity contribution >= 4 is 23.4 Å². The lowest BCUT2D eigenvalue weighted by Gasteiger charge is -2.33. The average molecular weight is 387 g/mol. The van der Waals surface area contributed by atoms with Crippen molar-refractivity contribution in [1.82, 2.24) is 9.80 Å². The van der Waals surface area contributed by atoms with E-state index in [2.05, 4.69) is 5.32 Å². The lowest BCUT2D eigenvalue weighted by Crippen LogP contribution is -2.47. The minimum atomic E-state index is -0.267. The van der Waals surface area contributed by atoms with Crippen molar-refractivity contribution in [2.75, 3.05) is 25.0 Å². The standard InChI is InChI=1S/C21H26FN3O3/c22-14-5-7-15(8-6-14)23-16-9-11-24(12-10-16)19(26)13-25-20(27)17-3-1-2-4-18(17)21(25)28/h5-8,16-18,23H,1-4,9-13H2/t17-,18-/m1/s1. The van der Waals surface area contributed by atoms with Gasteiger partial charge < -0.3 is 10.2 Å². The molecule has 2 atom stereocenters. The Bertz CT molecular complexity index is 735. The molecule has 1 aromatic carbocycles. The van der Waals surface area contributed by atoms with Gasteiger partial charge in [-0.25, -0.2) is 4.39 Å². The summed E-state index contributed by atoms with van der Waals surface area (Å²) >= 11 is 0. The van der Waals surface area contributed by atoms with Gasteiger partial charge in [0.2, 0.25) is 17.7 Å². The zero-order valence-electron chi connectivity index (χ0n) is 15.9. The predicted octanol–water partition coefficient (Wildman–Crippen LogP) is 2.40. The number of carbonyl (C=O) groups is 3. The SMILES string of the molecule is O=C(CN1C(=O)[C@@H]2CCCC[C@H]2C1=O)N1CCC(Nc2ccc(F)cc2)CC1. The summed E-state index contributed by atoms with van der Waals surface area (Å²) in [6.07, 6.45) is 5.04. The first-order valence-electron chi connectivity index (χ1n) is 10.2. The third-order valence-corrected chi connectivity index (χ3v) is 6.29. The number of hydrogen-bond acceptors (Lipinski definition) is 4. The van der Waals surface area contributed by atoms with E-state index < -0.39 is 0 Å². The van der Waals surface area contributed by atoms with Crippen LogP contribution in [-0.4, -0.2) is 53.2 Å². The monoisotopic (exact) mass is 387 g/mol. The number of piperidine rings is 1. The summed E-state index contributed by atoms with van der Waals surface area (Å²) in [5.74, 6) is -1.15. The Kier molecular flexibility index (Phi) is 5.33. The van der Waals surface area contributed by atoms with E-state index in [0.29, 0.717) is 13.1 Å². The molecular weight excluding hydrogens is 361 g/mol. The summed E-state index contributed by atoms with van der Waals surface area (Å²) in [5.41, 5.74) is 0.863. The fourth-order valence-electron chi connectivity index (χ4n) is 4.68. The molecule has 6 nitrogen and oxygen atoms in total. The Morgan fingerprint density at radius 1 is 0.964 bits per heavy atom. The van der Waals surface area contributed by atoms with Gasteiger partial charge in [-0.05, 0) is 49.9 Å². The highest BCUT2D eigenvalue weighted by atomic mass is 19.1. The molecule has 1 aliphatic carbocycles. The Morgan fingerprint density at radius 2 is 1.54 bits per heavy atom. The zero-order valence-corrected chi connectivity index (χ0v) is 15.9. The molecule has 0 unspecified atom stereocenters. The number of benzene rings is 1. The van der Waals surface area contributed by atoms with Crippen LogP contribution in [0.4, 0.5) is 10.1 Å². The lowest BCUT2D eigenvalue weighted by molar-refractivity contribution is -0.147. The van der Waals surface area contributed by atoms with Crippen LogP contribution in [-0.2, 0) is 14.4 Å². The average Bonchev–Trinajstić information content (AvgIpc) is 2.95. The molecule has 2 saturated heterocycles. The highest BCUT2D eigenvalue weighted by Gasteiger charge is 2.48. The van der Waals surface area contributed by atoms with Crippen LogP contribution in [0.5, 0.6) is 0 Å². The number of fused-ring (bicyclic) bond motifs is 1. The van der Waals surface area contributed by atoms with Crippen LogP contribution in [0.25, 0.3) is 0 Å². The minimum absolute atomic E-state index is 0.124. The maximum Gasteiger partial charge on any atom is 0.242 e. The van der Waals surface area contributed by atoms with Gasteiger partial charge in [0.1, 0.15) is 12.4 Å². The zero-order chi connectivity index (χ0) is 19.7. The molecule has 3 fully saturated rings. The number of halogens is 1. The molecule has 2 heterocycles. The van der Waals surface area contributed by atoms with E-state index in [-0.39, 0.29) is 48.0 Å². The highest BCUT2D eigenvalue weighted by molar-refractivity contribution is 6.07. The first kappa shape index (κ1) is 18.9. The van der Waals surface area contributed by atoms with Gasteiger partial charge in [0.15, 0.2) is 0 Å². The number of imide groups is 1. The van der Waals surface area contributed by atoms with E-state index in [0.717, 1.165) is 44.2 Å². The fraction of sp³-hybridized carbons (Fsp3) is 0.571. The van der Waals surface area contributed by atoms with E-state index in [1.54, 1.807) is 17.0 Å². The van der Waals surface area contributed by atoms with Crippen LogP contribution >= 0.6 is 0 Å². The maximum atomic E-state index is 13.0. The van der Waals surface area contributed by atoms with Crippen molar-refractivity contribution in [3.8, 4) is 0 Å². The fourth-order valence-corrected chi connectivity index (χ4v) is 4.68. The topological polar surface area (TPSA) is 69.7 Å². The smallest absolute Gasteiger partial charge is 0.242 e. The number of hydrogen-bond donors (Lipinski definition) is 1. The van der Waals surface area contributed by atoms with Gasteiger partial charge >= 0.3 is 0 Å². The Labute approximate surface area is 164 Å². The third-order valence-electron chi connectivity index (χ3n) is 6.29. The van der Waals surface area contributed by atoms with Crippen molar-refractivity contribution in [3.05, 3.63) is 30.1 Å². The number of amides is 3. The van der Waals surface area contributed by atoms with Crippen LogP contribution in [0.15, 0.2) is 24.3 Å². The second kappa shape index (κ2) is 7.89. The molecular formula is C21H26FN3O3. The maximum absolute atomic E-state index is 13.0. The van der Waals surface area contributed by atoms with E-state index in [1.807, 2.05) is 0 Å². The van der Waals surface area contributed by atoms with Crippen LogP contribution in [0, 0.1) is 17.7 Å². The molecule has 28 heavy (non-hydrogen) atoms. The largest absolute Gasteiger partial charge is 0.382 e. The minimum Gasteiger partial charge on any atom is -0.382 e. The number of likely N-dealkylation sites (tertiary alicyclic amines) is 2. The van der Waals surface area contributed by atoms with Gasteiger partial charge in [0.05, 0.1) is 11.8 Å². The van der Waals surface area contributed by atoms with Gasteiger partial charge in [-0.15, -0.1) is 0 Å². The van der Waals surface area contributed by atoms with Crippen molar-refractivity contribution < 1.29 is 18.8 Å². The molecule has 0 bridgehead atoms. The molecule has 3 aliphatic rings. The molecule has 4 rings (SSSR count). The molecule has 2 aliphatic heterocycles. The molecule has 0 radical (unpaired) electrons. The third kappa shape index (κ3) is 3.75. The van der Waals surface area contributed by atoms with Gasteiger partial charge in [-0.2, -0.15) is 0 Å². The van der Waals surface area contributed by atoms with Gasteiger partial charge in [-0.3, -0.25) is 19.3 Å². The Morgan fingerprint density at radius 3 is 2.11 bits per heavy atom. The second-order valence-electron chi connectivity index (χ2n) is 8.07. The summed E-state index contributed by atoms with van der Waals surface area (Å²) in [6.45, 7) is 1.04. The summed E-state index contributed by atoms with van der Waals surface area (Å²) < 4.78 is 13.0. The summed E-state index contributed by atoms with van der Waals surface area (Å²) in [6, 6.07) is 6.46. The highest BCUT2D eigenvalue weighted by Crippen LogP contribution is 2.37. The van der Waals surface area contributed by atoms with Crippen molar-refractivity contribution in [2.24, 2.45) is 11.8 Å². The number of carbonyl (C=O) groups excluding carboxylic acids is 3. The predicted molar refractivity (Wildman–Crippen MR) is 102 cm³/mol. The molecule has 0 aromatic heterocycles. The molecule has 150 valence electrons. The second-order valence-corrected chi connectivity index (χ2v) is 8.07. The van der Waals surface area contributed by atoms with E-state index in [4.69, 9.17) is 0 Å². The normalized spacial score (nSPS) is 25.8. The van der Waals surface area contributed by atoms with Crippen molar-refractivity contribution in [1.29, 1.82) is 0 Å². The van der Waals surface area contributed by atoms with Gasteiger partial charge in [-0.1, -0.05) is 12.8 Å². The van der Waals surface area contributed by atoms with Gasteiger partial charge in [0.25, 0.3) is 0 Å². The molecule has 0 spiro atoms. The number of anilines is 1. The first-order chi connectivity index (χ1) is 13.5. The van der Waals surface area contributed by atoms with Crippen LogP contribution in [0.2, 0.25) is 0 Å². The number of nitrogens with one attached hydrogen (secondary N) is 1. The number of rotatable bonds is 4.